The molecule has 33 heavy (non-hydrogen) atoms. The summed E-state index contributed by atoms with van der Waals surface area (Å²) in [4.78, 5) is 8.88. The number of methoxy groups -OCH3 is 2. The predicted octanol–water partition coefficient (Wildman–Crippen LogP) is 5.61. The van der Waals surface area contributed by atoms with Gasteiger partial charge in [-0.2, -0.15) is 0 Å². The van der Waals surface area contributed by atoms with E-state index in [0.717, 1.165) is 12.5 Å². The van der Waals surface area contributed by atoms with Crippen LogP contribution in [0.5, 0.6) is 11.5 Å². The molecule has 0 saturated heterocycles. The van der Waals surface area contributed by atoms with Crippen molar-refractivity contribution in [3.63, 3.8) is 0 Å². The van der Waals surface area contributed by atoms with Crippen LogP contribution in [0.25, 0.3) is 10.9 Å². The summed E-state index contributed by atoms with van der Waals surface area (Å²) in [7, 11) is 3.16. The number of aromatic nitrogens is 2. The van der Waals surface area contributed by atoms with E-state index in [9.17, 15) is 13.2 Å². The van der Waals surface area contributed by atoms with Gasteiger partial charge in [-0.25, -0.2) is 23.1 Å². The quantitative estimate of drug-likeness (QED) is 0.421. The number of nitrogens with one attached hydrogen (secondary N) is 1. The Kier molecular flexibility index (Phi) is 7.63. The molecule has 0 bridgehead atoms. The number of anilines is 1. The van der Waals surface area contributed by atoms with Crippen molar-refractivity contribution < 1.29 is 27.4 Å². The minimum atomic E-state index is -3.28. The van der Waals surface area contributed by atoms with E-state index in [1.165, 1.54) is 19.2 Å². The summed E-state index contributed by atoms with van der Waals surface area (Å²) in [5.74, 6) is -2.32. The number of hydrogen-bond acceptors (Lipinski definition) is 6. The van der Waals surface area contributed by atoms with E-state index in [1.807, 2.05) is 6.92 Å². The average molecular weight is 464 g/mol. The Bertz CT molecular complexity index is 1120. The van der Waals surface area contributed by atoms with Crippen molar-refractivity contribution in [2.24, 2.45) is 0 Å². The highest BCUT2D eigenvalue weighted by Gasteiger charge is 2.29. The van der Waals surface area contributed by atoms with Gasteiger partial charge >= 0.3 is 0 Å². The maximum Gasteiger partial charge on any atom is 0.273 e. The van der Waals surface area contributed by atoms with Gasteiger partial charge in [-0.05, 0) is 19.4 Å². The first-order valence-corrected chi connectivity index (χ1v) is 10.6. The lowest BCUT2D eigenvalue weighted by atomic mass is 10.0. The van der Waals surface area contributed by atoms with Gasteiger partial charge in [-0.3, -0.25) is 0 Å². The Morgan fingerprint density at radius 1 is 1.12 bits per heavy atom. The lowest BCUT2D eigenvalue weighted by molar-refractivity contribution is 0.0136. The first-order valence-electron chi connectivity index (χ1n) is 10.6. The standard InChI is InChI=1S/C24H28F3N3O3/c1-6-16(31-4)13-33-21-10-17-19(11-20(21)32-5)29-14(2)30-23(17)28-12-15-8-7-9-18(22(15)25)24(3,26)27/h7-11,16H,6,12-13H2,1-5H3,(H,28,29,30). The van der Waals surface area contributed by atoms with E-state index in [0.29, 0.717) is 47.6 Å². The van der Waals surface area contributed by atoms with Crippen molar-refractivity contribution in [2.45, 2.75) is 45.8 Å². The number of ether oxygens (including phenoxy) is 3. The number of halogens is 3. The van der Waals surface area contributed by atoms with Gasteiger partial charge in [0.15, 0.2) is 11.5 Å². The third-order valence-corrected chi connectivity index (χ3v) is 5.30. The molecule has 1 heterocycles. The van der Waals surface area contributed by atoms with E-state index >= 15 is 0 Å². The molecule has 3 rings (SSSR count). The summed E-state index contributed by atoms with van der Waals surface area (Å²) in [6.45, 7) is 4.69. The van der Waals surface area contributed by atoms with Crippen molar-refractivity contribution in [3.05, 3.63) is 53.1 Å². The molecule has 0 aliphatic heterocycles. The van der Waals surface area contributed by atoms with Crippen molar-refractivity contribution in [1.82, 2.24) is 9.97 Å². The monoisotopic (exact) mass is 463 g/mol. The van der Waals surface area contributed by atoms with Gasteiger partial charge < -0.3 is 19.5 Å². The second-order valence-corrected chi connectivity index (χ2v) is 7.74. The number of hydrogen-bond donors (Lipinski definition) is 1. The van der Waals surface area contributed by atoms with Gasteiger partial charge in [0.2, 0.25) is 0 Å². The Hall–Kier alpha value is -3.07. The molecule has 2 aromatic carbocycles. The maximum atomic E-state index is 14.7. The van der Waals surface area contributed by atoms with Crippen LogP contribution in [0.3, 0.4) is 0 Å². The summed E-state index contributed by atoms with van der Waals surface area (Å²) >= 11 is 0. The van der Waals surface area contributed by atoms with Crippen LogP contribution in [0, 0.1) is 12.7 Å². The molecule has 0 aliphatic carbocycles. The lowest BCUT2D eigenvalue weighted by Crippen LogP contribution is -2.19. The number of nitrogens with zero attached hydrogens (tertiary/aromatic N) is 2. The summed E-state index contributed by atoms with van der Waals surface area (Å²) < 4.78 is 58.8. The maximum absolute atomic E-state index is 14.7. The normalized spacial score (nSPS) is 12.6. The molecule has 9 heteroatoms. The molecule has 1 atom stereocenters. The zero-order valence-corrected chi connectivity index (χ0v) is 19.3. The van der Waals surface area contributed by atoms with Crippen LogP contribution in [0.2, 0.25) is 0 Å². The van der Waals surface area contributed by atoms with Crippen LogP contribution < -0.4 is 14.8 Å². The number of rotatable bonds is 10. The van der Waals surface area contributed by atoms with Crippen LogP contribution in [-0.4, -0.2) is 36.9 Å². The Morgan fingerprint density at radius 3 is 2.52 bits per heavy atom. The second kappa shape index (κ2) is 10.2. The van der Waals surface area contributed by atoms with Crippen molar-refractivity contribution in [3.8, 4) is 11.5 Å². The molecule has 178 valence electrons. The highest BCUT2D eigenvalue weighted by Crippen LogP contribution is 2.35. The van der Waals surface area contributed by atoms with Crippen molar-refractivity contribution in [2.75, 3.05) is 26.1 Å². The number of fused-ring (bicyclic) bond motifs is 1. The third-order valence-electron chi connectivity index (χ3n) is 5.30. The van der Waals surface area contributed by atoms with Gasteiger partial charge in [-0.1, -0.05) is 25.1 Å². The van der Waals surface area contributed by atoms with Gasteiger partial charge in [0, 0.05) is 37.6 Å². The molecule has 1 aromatic heterocycles. The van der Waals surface area contributed by atoms with Crippen LogP contribution in [-0.2, 0) is 17.2 Å². The van der Waals surface area contributed by atoms with E-state index < -0.39 is 17.3 Å². The predicted molar refractivity (Wildman–Crippen MR) is 121 cm³/mol. The number of benzene rings is 2. The van der Waals surface area contributed by atoms with Gasteiger partial charge in [0.1, 0.15) is 24.1 Å². The van der Waals surface area contributed by atoms with E-state index in [1.54, 1.807) is 26.2 Å². The molecule has 1 N–H and O–H groups in total. The van der Waals surface area contributed by atoms with Crippen LogP contribution in [0.4, 0.5) is 19.0 Å². The molecule has 0 aliphatic rings. The molecule has 0 radical (unpaired) electrons. The van der Waals surface area contributed by atoms with E-state index in [2.05, 4.69) is 15.3 Å². The summed E-state index contributed by atoms with van der Waals surface area (Å²) in [6.07, 6.45) is 0.701. The third kappa shape index (κ3) is 5.65. The highest BCUT2D eigenvalue weighted by atomic mass is 19.3. The van der Waals surface area contributed by atoms with E-state index in [4.69, 9.17) is 14.2 Å². The summed E-state index contributed by atoms with van der Waals surface area (Å²) in [5, 5.41) is 3.68. The van der Waals surface area contributed by atoms with Crippen LogP contribution >= 0.6 is 0 Å². The number of aryl methyl sites for hydroxylation is 1. The molecular weight excluding hydrogens is 435 g/mol. The zero-order chi connectivity index (χ0) is 24.2. The van der Waals surface area contributed by atoms with Gasteiger partial charge in [0.05, 0.1) is 24.3 Å². The van der Waals surface area contributed by atoms with Crippen LogP contribution in [0.15, 0.2) is 30.3 Å². The largest absolute Gasteiger partial charge is 0.493 e. The smallest absolute Gasteiger partial charge is 0.273 e. The molecule has 1 unspecified atom stereocenters. The average Bonchev–Trinajstić information content (AvgIpc) is 2.77. The first kappa shape index (κ1) is 24.6. The Morgan fingerprint density at radius 2 is 1.88 bits per heavy atom. The first-order chi connectivity index (χ1) is 15.7. The molecular formula is C24H28F3N3O3. The topological polar surface area (TPSA) is 65.5 Å². The lowest BCUT2D eigenvalue weighted by Gasteiger charge is -2.18. The molecule has 0 fully saturated rings. The van der Waals surface area contributed by atoms with Crippen LogP contribution in [0.1, 0.15) is 37.2 Å². The minimum Gasteiger partial charge on any atom is -0.493 e. The SMILES string of the molecule is CCC(COc1cc2c(NCc3cccc(C(C)(F)F)c3F)nc(C)nc2cc1OC)OC. The molecule has 0 amide bonds. The highest BCUT2D eigenvalue weighted by molar-refractivity contribution is 5.91. The van der Waals surface area contributed by atoms with Gasteiger partial charge in [0.25, 0.3) is 5.92 Å². The Labute approximate surface area is 191 Å². The molecule has 0 spiro atoms. The van der Waals surface area contributed by atoms with E-state index in [-0.39, 0.29) is 18.2 Å². The minimum absolute atomic E-state index is 0.0366. The second-order valence-electron chi connectivity index (χ2n) is 7.74. The number of alkyl halides is 2. The molecule has 6 nitrogen and oxygen atoms in total. The zero-order valence-electron chi connectivity index (χ0n) is 19.3. The van der Waals surface area contributed by atoms with Crippen molar-refractivity contribution >= 4 is 16.7 Å². The fraction of sp³-hybridized carbons (Fsp3) is 0.417. The summed E-state index contributed by atoms with van der Waals surface area (Å²) in [6, 6.07) is 7.43. The molecule has 3 aromatic rings. The fourth-order valence-corrected chi connectivity index (χ4v) is 3.43. The fourth-order valence-electron chi connectivity index (χ4n) is 3.43. The van der Waals surface area contributed by atoms with Gasteiger partial charge in [-0.15, -0.1) is 0 Å². The molecule has 0 saturated carbocycles. The summed E-state index contributed by atoms with van der Waals surface area (Å²) in [5.41, 5.74) is 0.0613. The van der Waals surface area contributed by atoms with Crippen molar-refractivity contribution in [1.29, 1.82) is 0 Å². The Balaban J connectivity index is 1.95.